The smallest absolute Gasteiger partial charge is 0.226 e. The van der Waals surface area contributed by atoms with Crippen LogP contribution in [0.4, 0.5) is 0 Å². The molecule has 0 spiro atoms. The van der Waals surface area contributed by atoms with Gasteiger partial charge in [0.15, 0.2) is 0 Å². The van der Waals surface area contributed by atoms with Crippen molar-refractivity contribution in [2.24, 2.45) is 0 Å². The highest BCUT2D eigenvalue weighted by molar-refractivity contribution is 5.93. The van der Waals surface area contributed by atoms with E-state index in [9.17, 15) is 9.59 Å². The highest BCUT2D eigenvalue weighted by atomic mass is 16.2. The molecule has 0 unspecified atom stereocenters. The molecule has 1 fully saturated rings. The number of rotatable bonds is 1. The first-order valence-electron chi connectivity index (χ1n) is 3.93. The van der Waals surface area contributed by atoms with E-state index in [1.807, 2.05) is 0 Å². The van der Waals surface area contributed by atoms with Gasteiger partial charge < -0.3 is 0 Å². The Bertz CT molecular complexity index is 171. The zero-order valence-electron chi connectivity index (χ0n) is 6.96. The van der Waals surface area contributed by atoms with Crippen molar-refractivity contribution >= 4 is 11.8 Å². The first kappa shape index (κ1) is 8.24. The first-order valence-corrected chi connectivity index (χ1v) is 3.93. The first-order chi connectivity index (χ1) is 5.13. The minimum Gasteiger partial charge on any atom is -0.280 e. The zero-order valence-corrected chi connectivity index (χ0v) is 6.96. The lowest BCUT2D eigenvalue weighted by atomic mass is 9.91. The van der Waals surface area contributed by atoms with Crippen LogP contribution in [0.1, 0.15) is 33.1 Å². The molecule has 62 valence electrons. The van der Waals surface area contributed by atoms with Gasteiger partial charge in [-0.3, -0.25) is 14.5 Å². The summed E-state index contributed by atoms with van der Waals surface area (Å²) in [5.41, 5.74) is 0. The third-order valence-electron chi connectivity index (χ3n) is 2.12. The van der Waals surface area contributed by atoms with Crippen LogP contribution >= 0.6 is 0 Å². The third-order valence-corrected chi connectivity index (χ3v) is 2.12. The van der Waals surface area contributed by atoms with Crippen LogP contribution in [-0.4, -0.2) is 22.8 Å². The molecular weight excluding hydrogens is 142 g/mol. The van der Waals surface area contributed by atoms with E-state index in [2.05, 4.69) is 0 Å². The van der Waals surface area contributed by atoms with Gasteiger partial charge in [-0.15, -0.1) is 0 Å². The molecule has 3 heteroatoms. The molecule has 2 amide bonds. The predicted molar refractivity (Wildman–Crippen MR) is 40.8 cm³/mol. The van der Waals surface area contributed by atoms with Crippen LogP contribution in [0.3, 0.4) is 0 Å². The van der Waals surface area contributed by atoms with Gasteiger partial charge in [-0.25, -0.2) is 0 Å². The fourth-order valence-electron chi connectivity index (χ4n) is 1.38. The van der Waals surface area contributed by atoms with Crippen molar-refractivity contribution in [2.45, 2.75) is 39.2 Å². The molecule has 0 bridgehead atoms. The lowest BCUT2D eigenvalue weighted by molar-refractivity contribution is -0.146. The summed E-state index contributed by atoms with van der Waals surface area (Å²) in [5, 5.41) is 0. The summed E-state index contributed by atoms with van der Waals surface area (Å²) in [6.07, 6.45) is 3.11. The quantitative estimate of drug-likeness (QED) is 0.565. The third kappa shape index (κ3) is 1.59. The number of hydrogen-bond donors (Lipinski definition) is 0. The fraction of sp³-hybridized carbons (Fsp3) is 0.750. The lowest BCUT2D eigenvalue weighted by Crippen LogP contribution is -2.45. The fourth-order valence-corrected chi connectivity index (χ4v) is 1.38. The van der Waals surface area contributed by atoms with E-state index in [4.69, 9.17) is 0 Å². The molecule has 0 saturated heterocycles. The topological polar surface area (TPSA) is 37.4 Å². The van der Waals surface area contributed by atoms with E-state index in [-0.39, 0.29) is 17.9 Å². The van der Waals surface area contributed by atoms with Crippen molar-refractivity contribution in [3.8, 4) is 0 Å². The summed E-state index contributed by atoms with van der Waals surface area (Å²) in [6, 6.07) is 0.199. The molecule has 1 rings (SSSR count). The van der Waals surface area contributed by atoms with E-state index >= 15 is 0 Å². The number of carbonyl (C=O) groups excluding carboxylic acids is 2. The Morgan fingerprint density at radius 3 is 1.73 bits per heavy atom. The van der Waals surface area contributed by atoms with E-state index in [1.165, 1.54) is 18.7 Å². The van der Waals surface area contributed by atoms with Crippen LogP contribution in [0.5, 0.6) is 0 Å². The largest absolute Gasteiger partial charge is 0.280 e. The Hall–Kier alpha value is -0.860. The monoisotopic (exact) mass is 155 g/mol. The van der Waals surface area contributed by atoms with Crippen molar-refractivity contribution in [1.82, 2.24) is 4.90 Å². The van der Waals surface area contributed by atoms with Gasteiger partial charge in [0.2, 0.25) is 11.8 Å². The lowest BCUT2D eigenvalue weighted by Gasteiger charge is -2.34. The standard InChI is InChI=1S/C8H13NO2/c1-6(10)9(7(2)11)8-4-3-5-8/h8H,3-5H2,1-2H3. The van der Waals surface area contributed by atoms with E-state index in [1.54, 1.807) is 0 Å². The Labute approximate surface area is 66.4 Å². The van der Waals surface area contributed by atoms with Crippen molar-refractivity contribution in [2.75, 3.05) is 0 Å². The Morgan fingerprint density at radius 1 is 1.18 bits per heavy atom. The molecule has 0 atom stereocenters. The van der Waals surface area contributed by atoms with Gasteiger partial charge in [-0.2, -0.15) is 0 Å². The second kappa shape index (κ2) is 3.03. The molecule has 0 heterocycles. The second-order valence-corrected chi connectivity index (χ2v) is 2.99. The molecule has 0 aliphatic heterocycles. The number of carbonyl (C=O) groups is 2. The van der Waals surface area contributed by atoms with E-state index in [0.29, 0.717) is 0 Å². The number of amides is 2. The summed E-state index contributed by atoms with van der Waals surface area (Å²) < 4.78 is 0. The summed E-state index contributed by atoms with van der Waals surface area (Å²) in [5.74, 6) is -0.246. The van der Waals surface area contributed by atoms with Crippen molar-refractivity contribution in [3.05, 3.63) is 0 Å². The predicted octanol–water partition coefficient (Wildman–Crippen LogP) is 0.934. The maximum absolute atomic E-state index is 10.9. The summed E-state index contributed by atoms with van der Waals surface area (Å²) in [4.78, 5) is 23.2. The molecule has 0 aromatic carbocycles. The minimum absolute atomic E-state index is 0.123. The number of imide groups is 1. The summed E-state index contributed by atoms with van der Waals surface area (Å²) >= 11 is 0. The van der Waals surface area contributed by atoms with Gasteiger partial charge in [0.1, 0.15) is 0 Å². The average Bonchev–Trinajstić information content (AvgIpc) is 1.75. The Balaban J connectivity index is 2.58. The molecule has 0 aromatic heterocycles. The Kier molecular flexibility index (Phi) is 2.27. The van der Waals surface area contributed by atoms with Crippen LogP contribution in [0.25, 0.3) is 0 Å². The van der Waals surface area contributed by atoms with E-state index < -0.39 is 0 Å². The van der Waals surface area contributed by atoms with Crippen molar-refractivity contribution < 1.29 is 9.59 Å². The molecule has 1 aliphatic carbocycles. The van der Waals surface area contributed by atoms with Crippen LogP contribution in [0, 0.1) is 0 Å². The van der Waals surface area contributed by atoms with Gasteiger partial charge in [0.25, 0.3) is 0 Å². The van der Waals surface area contributed by atoms with E-state index in [0.717, 1.165) is 19.3 Å². The molecule has 0 N–H and O–H groups in total. The highest BCUT2D eigenvalue weighted by Crippen LogP contribution is 2.24. The van der Waals surface area contributed by atoms with Crippen molar-refractivity contribution in [3.63, 3.8) is 0 Å². The number of nitrogens with zero attached hydrogens (tertiary/aromatic N) is 1. The summed E-state index contributed by atoms with van der Waals surface area (Å²) in [7, 11) is 0. The maximum atomic E-state index is 10.9. The second-order valence-electron chi connectivity index (χ2n) is 2.99. The highest BCUT2D eigenvalue weighted by Gasteiger charge is 2.29. The van der Waals surface area contributed by atoms with Crippen LogP contribution in [-0.2, 0) is 9.59 Å². The number of hydrogen-bond acceptors (Lipinski definition) is 2. The molecule has 1 saturated carbocycles. The molecular formula is C8H13NO2. The maximum Gasteiger partial charge on any atom is 0.226 e. The SMILES string of the molecule is CC(=O)N(C(C)=O)C1CCC1. The molecule has 1 aliphatic rings. The van der Waals surface area contributed by atoms with Gasteiger partial charge in [0, 0.05) is 19.9 Å². The van der Waals surface area contributed by atoms with Crippen LogP contribution in [0.15, 0.2) is 0 Å². The van der Waals surface area contributed by atoms with Gasteiger partial charge >= 0.3 is 0 Å². The average molecular weight is 155 g/mol. The van der Waals surface area contributed by atoms with Gasteiger partial charge in [0.05, 0.1) is 0 Å². The van der Waals surface area contributed by atoms with Crippen molar-refractivity contribution in [1.29, 1.82) is 0 Å². The van der Waals surface area contributed by atoms with Crippen LogP contribution < -0.4 is 0 Å². The molecule has 0 aromatic rings. The van der Waals surface area contributed by atoms with Gasteiger partial charge in [-0.05, 0) is 19.3 Å². The van der Waals surface area contributed by atoms with Crippen LogP contribution in [0.2, 0.25) is 0 Å². The normalized spacial score (nSPS) is 17.3. The zero-order chi connectivity index (χ0) is 8.43. The molecule has 3 nitrogen and oxygen atoms in total. The minimum atomic E-state index is -0.123. The summed E-state index contributed by atoms with van der Waals surface area (Å²) in [6.45, 7) is 2.89. The molecule has 0 radical (unpaired) electrons. The Morgan fingerprint density at radius 2 is 1.64 bits per heavy atom. The van der Waals surface area contributed by atoms with Gasteiger partial charge in [-0.1, -0.05) is 0 Å². The molecule has 11 heavy (non-hydrogen) atoms.